The normalized spacial score (nSPS) is 24.2. The van der Waals surface area contributed by atoms with Gasteiger partial charge in [0.15, 0.2) is 0 Å². The summed E-state index contributed by atoms with van der Waals surface area (Å²) in [5.74, 6) is 0. The molecule has 1 saturated heterocycles. The molecule has 0 spiro atoms. The fourth-order valence-corrected chi connectivity index (χ4v) is 2.71. The number of rotatable bonds is 2. The van der Waals surface area contributed by atoms with Gasteiger partial charge < -0.3 is 5.32 Å². The monoisotopic (exact) mass is 286 g/mol. The lowest BCUT2D eigenvalue weighted by atomic mass is 9.97. The number of nitrogens with one attached hydrogen (secondary N) is 1. The van der Waals surface area contributed by atoms with Crippen LogP contribution < -0.4 is 5.32 Å². The van der Waals surface area contributed by atoms with E-state index in [2.05, 4.69) is 37.1 Å². The van der Waals surface area contributed by atoms with Crippen molar-refractivity contribution >= 4 is 23.2 Å². The van der Waals surface area contributed by atoms with Crippen molar-refractivity contribution in [2.24, 2.45) is 0 Å². The van der Waals surface area contributed by atoms with Crippen molar-refractivity contribution in [3.8, 4) is 0 Å². The van der Waals surface area contributed by atoms with E-state index in [0.29, 0.717) is 16.1 Å². The van der Waals surface area contributed by atoms with E-state index >= 15 is 0 Å². The molecule has 1 aromatic carbocycles. The molecule has 1 N–H and O–H groups in total. The molecule has 0 amide bonds. The zero-order chi connectivity index (χ0) is 13.3. The van der Waals surface area contributed by atoms with Gasteiger partial charge in [-0.15, -0.1) is 0 Å². The summed E-state index contributed by atoms with van der Waals surface area (Å²) in [4.78, 5) is 2.46. The van der Waals surface area contributed by atoms with Gasteiger partial charge in [-0.05, 0) is 32.4 Å². The van der Waals surface area contributed by atoms with Crippen molar-refractivity contribution in [1.82, 2.24) is 10.2 Å². The Balaban J connectivity index is 2.19. The first-order chi connectivity index (χ1) is 8.40. The summed E-state index contributed by atoms with van der Waals surface area (Å²) in [5.41, 5.74) is 1.24. The van der Waals surface area contributed by atoms with Crippen LogP contribution in [0.1, 0.15) is 26.3 Å². The maximum absolute atomic E-state index is 6.27. The van der Waals surface area contributed by atoms with Gasteiger partial charge in [0.05, 0.1) is 10.0 Å². The summed E-state index contributed by atoms with van der Waals surface area (Å²) in [7, 11) is 0. The third kappa shape index (κ3) is 3.00. The second-order valence-corrected chi connectivity index (χ2v) is 6.47. The molecule has 1 heterocycles. The molecule has 1 atom stereocenters. The summed E-state index contributed by atoms with van der Waals surface area (Å²) in [6.45, 7) is 9.58. The third-order valence-corrected chi connectivity index (χ3v) is 4.48. The first-order valence-corrected chi connectivity index (χ1v) is 7.07. The average molecular weight is 287 g/mol. The lowest BCUT2D eigenvalue weighted by molar-refractivity contribution is 0.0627. The number of hydrogen-bond donors (Lipinski definition) is 1. The van der Waals surface area contributed by atoms with E-state index in [9.17, 15) is 0 Å². The van der Waals surface area contributed by atoms with Crippen LogP contribution in [0.25, 0.3) is 0 Å². The SMILES string of the molecule is CC1CN(Cc2cccc(Cl)c2Cl)C(C)(C)CN1. The molecule has 2 rings (SSSR count). The molecule has 0 saturated carbocycles. The van der Waals surface area contributed by atoms with Crippen molar-refractivity contribution in [3.05, 3.63) is 33.8 Å². The van der Waals surface area contributed by atoms with E-state index in [1.807, 2.05) is 12.1 Å². The highest BCUT2D eigenvalue weighted by Gasteiger charge is 2.32. The van der Waals surface area contributed by atoms with E-state index in [4.69, 9.17) is 23.2 Å². The van der Waals surface area contributed by atoms with Crippen LogP contribution in [0.2, 0.25) is 10.0 Å². The van der Waals surface area contributed by atoms with Crippen LogP contribution in [0.5, 0.6) is 0 Å². The molecule has 1 aliphatic rings. The Morgan fingerprint density at radius 1 is 1.39 bits per heavy atom. The lowest BCUT2D eigenvalue weighted by Gasteiger charge is -2.45. The third-order valence-electron chi connectivity index (χ3n) is 3.63. The molecule has 0 aliphatic carbocycles. The Morgan fingerprint density at radius 2 is 2.11 bits per heavy atom. The maximum Gasteiger partial charge on any atom is 0.0637 e. The van der Waals surface area contributed by atoms with E-state index in [1.165, 1.54) is 0 Å². The zero-order valence-corrected chi connectivity index (χ0v) is 12.6. The van der Waals surface area contributed by atoms with Crippen molar-refractivity contribution < 1.29 is 0 Å². The highest BCUT2D eigenvalue weighted by Crippen LogP contribution is 2.29. The number of halogens is 2. The molecule has 1 unspecified atom stereocenters. The Morgan fingerprint density at radius 3 is 2.83 bits per heavy atom. The highest BCUT2D eigenvalue weighted by atomic mass is 35.5. The van der Waals surface area contributed by atoms with E-state index in [1.54, 1.807) is 0 Å². The molecule has 18 heavy (non-hydrogen) atoms. The van der Waals surface area contributed by atoms with E-state index in [-0.39, 0.29) is 5.54 Å². The summed E-state index contributed by atoms with van der Waals surface area (Å²) in [6, 6.07) is 6.36. The molecular weight excluding hydrogens is 267 g/mol. The van der Waals surface area contributed by atoms with Gasteiger partial charge in [0.2, 0.25) is 0 Å². The number of piperazine rings is 1. The molecule has 4 heteroatoms. The van der Waals surface area contributed by atoms with E-state index < -0.39 is 0 Å². The summed E-state index contributed by atoms with van der Waals surface area (Å²) in [6.07, 6.45) is 0. The van der Waals surface area contributed by atoms with Crippen LogP contribution in [-0.2, 0) is 6.54 Å². The average Bonchev–Trinajstić information content (AvgIpc) is 2.30. The van der Waals surface area contributed by atoms with Crippen LogP contribution in [0.15, 0.2) is 18.2 Å². The second kappa shape index (κ2) is 5.38. The van der Waals surface area contributed by atoms with Crippen LogP contribution in [0.3, 0.4) is 0 Å². The molecule has 1 aromatic rings. The van der Waals surface area contributed by atoms with Crippen molar-refractivity contribution in [1.29, 1.82) is 0 Å². The van der Waals surface area contributed by atoms with Crippen molar-refractivity contribution in [2.45, 2.75) is 38.9 Å². The number of hydrogen-bond acceptors (Lipinski definition) is 2. The maximum atomic E-state index is 6.27. The van der Waals surface area contributed by atoms with Crippen LogP contribution >= 0.6 is 23.2 Å². The Bertz CT molecular complexity index is 432. The fourth-order valence-electron chi connectivity index (χ4n) is 2.33. The quantitative estimate of drug-likeness (QED) is 0.894. The van der Waals surface area contributed by atoms with Crippen molar-refractivity contribution in [3.63, 3.8) is 0 Å². The molecular formula is C14H20Cl2N2. The Labute approximate surface area is 119 Å². The minimum atomic E-state index is 0.137. The first kappa shape index (κ1) is 14.1. The Hall–Kier alpha value is -0.280. The van der Waals surface area contributed by atoms with Crippen LogP contribution in [-0.4, -0.2) is 29.6 Å². The number of benzene rings is 1. The molecule has 1 aliphatic heterocycles. The molecule has 100 valence electrons. The molecule has 2 nitrogen and oxygen atoms in total. The molecule has 1 fully saturated rings. The molecule has 0 aromatic heterocycles. The summed E-state index contributed by atoms with van der Waals surface area (Å²) in [5, 5.41) is 4.83. The topological polar surface area (TPSA) is 15.3 Å². The van der Waals surface area contributed by atoms with Gasteiger partial charge in [-0.1, -0.05) is 35.3 Å². The van der Waals surface area contributed by atoms with E-state index in [0.717, 1.165) is 25.2 Å². The standard InChI is InChI=1S/C14H20Cl2N2/c1-10-7-18(14(2,3)9-17-10)8-11-5-4-6-12(15)13(11)16/h4-6,10,17H,7-9H2,1-3H3. The molecule has 0 radical (unpaired) electrons. The molecule has 0 bridgehead atoms. The van der Waals surface area contributed by atoms with Gasteiger partial charge >= 0.3 is 0 Å². The summed E-state index contributed by atoms with van der Waals surface area (Å²) >= 11 is 12.3. The van der Waals surface area contributed by atoms with Crippen LogP contribution in [0.4, 0.5) is 0 Å². The van der Waals surface area contributed by atoms with Gasteiger partial charge in [0.25, 0.3) is 0 Å². The minimum absolute atomic E-state index is 0.137. The minimum Gasteiger partial charge on any atom is -0.311 e. The number of nitrogens with zero attached hydrogens (tertiary/aromatic N) is 1. The van der Waals surface area contributed by atoms with Gasteiger partial charge in [-0.25, -0.2) is 0 Å². The van der Waals surface area contributed by atoms with Gasteiger partial charge in [-0.2, -0.15) is 0 Å². The zero-order valence-electron chi connectivity index (χ0n) is 11.1. The largest absolute Gasteiger partial charge is 0.311 e. The lowest BCUT2D eigenvalue weighted by Crippen LogP contribution is -2.60. The fraction of sp³-hybridized carbons (Fsp3) is 0.571. The smallest absolute Gasteiger partial charge is 0.0637 e. The predicted octanol–water partition coefficient (Wildman–Crippen LogP) is 3.57. The highest BCUT2D eigenvalue weighted by molar-refractivity contribution is 6.42. The van der Waals surface area contributed by atoms with Gasteiger partial charge in [0, 0.05) is 31.2 Å². The Kier molecular flexibility index (Phi) is 4.22. The van der Waals surface area contributed by atoms with Gasteiger partial charge in [-0.3, -0.25) is 4.90 Å². The van der Waals surface area contributed by atoms with Crippen LogP contribution in [0, 0.1) is 0 Å². The van der Waals surface area contributed by atoms with Gasteiger partial charge in [0.1, 0.15) is 0 Å². The predicted molar refractivity (Wildman–Crippen MR) is 78.4 cm³/mol. The summed E-state index contributed by atoms with van der Waals surface area (Å²) < 4.78 is 0. The van der Waals surface area contributed by atoms with Crippen molar-refractivity contribution in [2.75, 3.05) is 13.1 Å². The first-order valence-electron chi connectivity index (χ1n) is 6.31. The second-order valence-electron chi connectivity index (χ2n) is 5.69.